The molecule has 2 aliphatic carbocycles. The molecule has 0 bridgehead atoms. The van der Waals surface area contributed by atoms with Crippen molar-refractivity contribution in [2.75, 3.05) is 4.90 Å². The molecule has 1 N–H and O–H groups in total. The van der Waals surface area contributed by atoms with Gasteiger partial charge < -0.3 is 14.4 Å². The summed E-state index contributed by atoms with van der Waals surface area (Å²) in [6.07, 6.45) is 1.52. The van der Waals surface area contributed by atoms with E-state index in [0.29, 0.717) is 0 Å². The van der Waals surface area contributed by atoms with Crippen molar-refractivity contribution in [3.8, 4) is 32.9 Å². The second kappa shape index (κ2) is 11.5. The van der Waals surface area contributed by atoms with Gasteiger partial charge in [-0.05, 0) is 112 Å². The minimum Gasteiger partial charge on any atom is -0.477 e. The highest BCUT2D eigenvalue weighted by atomic mass is 32.1. The maximum absolute atomic E-state index is 11.5. The molecule has 254 valence electrons. The van der Waals surface area contributed by atoms with Crippen molar-refractivity contribution in [2.45, 2.75) is 38.5 Å². The van der Waals surface area contributed by atoms with Gasteiger partial charge in [-0.25, -0.2) is 4.79 Å². The topological polar surface area (TPSA) is 66.0 Å². The average Bonchev–Trinajstić information content (AvgIpc) is 3.89. The number of thiophene rings is 1. The van der Waals surface area contributed by atoms with E-state index in [4.69, 9.17) is 4.42 Å². The zero-order valence-electron chi connectivity index (χ0n) is 29.4. The number of carbonyl (C=O) groups is 1. The first-order chi connectivity index (χ1) is 25.0. The number of anilines is 3. The number of nitrogens with zero attached hydrogens (tertiary/aromatic N) is 2. The number of carboxylic acids is 1. The lowest BCUT2D eigenvalue weighted by molar-refractivity contribution is -0.132. The number of aliphatic imine (C=N–C) groups is 1. The molecule has 0 atom stereocenters. The predicted molar refractivity (Wildman–Crippen MR) is 214 cm³/mol. The fourth-order valence-corrected chi connectivity index (χ4v) is 9.16. The van der Waals surface area contributed by atoms with Crippen LogP contribution in [0.5, 0.6) is 0 Å². The molecule has 6 heteroatoms. The quantitative estimate of drug-likeness (QED) is 0.133. The number of aliphatic carboxylic acids is 1. The summed E-state index contributed by atoms with van der Waals surface area (Å²) in [7, 11) is 0. The van der Waals surface area contributed by atoms with Crippen molar-refractivity contribution in [1.82, 2.24) is 0 Å². The Hall–Kier alpha value is -5.98. The van der Waals surface area contributed by atoms with Gasteiger partial charge in [0.25, 0.3) is 0 Å². The molecule has 2 heterocycles. The van der Waals surface area contributed by atoms with Gasteiger partial charge in [0.1, 0.15) is 17.0 Å². The van der Waals surface area contributed by atoms with Crippen LogP contribution < -0.4 is 4.90 Å². The van der Waals surface area contributed by atoms with E-state index in [1.54, 1.807) is 0 Å². The molecule has 7 aromatic rings. The van der Waals surface area contributed by atoms with Crippen LogP contribution in [0.4, 0.5) is 17.1 Å². The Balaban J connectivity index is 1.18. The summed E-state index contributed by atoms with van der Waals surface area (Å²) in [5, 5.41) is 10.4. The lowest BCUT2D eigenvalue weighted by Gasteiger charge is -2.29. The Labute approximate surface area is 306 Å². The van der Waals surface area contributed by atoms with Crippen LogP contribution in [-0.2, 0) is 15.6 Å². The highest BCUT2D eigenvalue weighted by molar-refractivity contribution is 7.16. The Kier molecular flexibility index (Phi) is 7.08. The largest absolute Gasteiger partial charge is 0.477 e. The molecule has 2 aliphatic rings. The summed E-state index contributed by atoms with van der Waals surface area (Å²) >= 11 is 1.45. The third kappa shape index (κ3) is 4.82. The molecular weight excluding hydrogens is 661 g/mol. The van der Waals surface area contributed by atoms with Gasteiger partial charge in [0.15, 0.2) is 0 Å². The Bertz CT molecular complexity index is 2550. The smallest absolute Gasteiger partial charge is 0.354 e. The minimum absolute atomic E-state index is 0.0969. The summed E-state index contributed by atoms with van der Waals surface area (Å²) in [4.78, 5) is 19.1. The maximum Gasteiger partial charge on any atom is 0.354 e. The SMILES string of the molecule is C=NC(=Cc1ccc(-c2cc3ccc(N(c4ccc5c(c4)C(C)(C)c4ccccc4-5)c4ccc5c(c4)C(C)(C)c4ccccc4-5)cc3o2)s1)C(=O)O. The molecule has 2 aromatic heterocycles. The van der Waals surface area contributed by atoms with Gasteiger partial charge in [-0.15, -0.1) is 11.3 Å². The third-order valence-electron chi connectivity index (χ3n) is 11.0. The van der Waals surface area contributed by atoms with E-state index in [1.807, 2.05) is 18.2 Å². The van der Waals surface area contributed by atoms with Gasteiger partial charge >= 0.3 is 5.97 Å². The fourth-order valence-electron chi connectivity index (χ4n) is 8.26. The number of benzene rings is 5. The Morgan fingerprint density at radius 1 is 0.692 bits per heavy atom. The molecule has 0 unspecified atom stereocenters. The molecule has 5 aromatic carbocycles. The minimum atomic E-state index is -1.11. The van der Waals surface area contributed by atoms with Crippen LogP contribution >= 0.6 is 11.3 Å². The van der Waals surface area contributed by atoms with E-state index in [1.165, 1.54) is 61.9 Å². The predicted octanol–water partition coefficient (Wildman–Crippen LogP) is 12.4. The third-order valence-corrected chi connectivity index (χ3v) is 12.0. The van der Waals surface area contributed by atoms with E-state index in [9.17, 15) is 9.90 Å². The average molecular weight is 697 g/mol. The normalized spacial score (nSPS) is 14.8. The van der Waals surface area contributed by atoms with Crippen molar-refractivity contribution >= 4 is 58.1 Å². The van der Waals surface area contributed by atoms with Crippen molar-refractivity contribution in [3.05, 3.63) is 154 Å². The van der Waals surface area contributed by atoms with E-state index in [2.05, 4.69) is 147 Å². The molecule has 0 aliphatic heterocycles. The van der Waals surface area contributed by atoms with Crippen LogP contribution in [0.2, 0.25) is 0 Å². The highest BCUT2D eigenvalue weighted by Gasteiger charge is 2.37. The maximum atomic E-state index is 11.5. The molecule has 0 spiro atoms. The molecule has 9 rings (SSSR count). The van der Waals surface area contributed by atoms with Gasteiger partial charge in [0.05, 0.1) is 4.88 Å². The standard InChI is InChI=1S/C46H36N2O3S/c1-45(2)36-12-8-6-10-32(36)34-19-16-28(23-38(34)45)48(29-17-20-35-33-11-7-9-13-37(33)46(3,4)39(35)24-29)30-15-14-27-22-42(51-41(27)25-30)43-21-18-31(52-43)26-40(47-5)44(49)50/h6-26H,5H2,1-4H3,(H,49,50). The van der Waals surface area contributed by atoms with Crippen molar-refractivity contribution in [2.24, 2.45) is 4.99 Å². The summed E-state index contributed by atoms with van der Waals surface area (Å²) in [5.74, 6) is -0.389. The number of fused-ring (bicyclic) bond motifs is 7. The van der Waals surface area contributed by atoms with Crippen LogP contribution in [-0.4, -0.2) is 17.8 Å². The van der Waals surface area contributed by atoms with Gasteiger partial charge in [0, 0.05) is 44.2 Å². The molecule has 52 heavy (non-hydrogen) atoms. The van der Waals surface area contributed by atoms with Crippen molar-refractivity contribution in [3.63, 3.8) is 0 Å². The Morgan fingerprint density at radius 3 is 1.81 bits per heavy atom. The van der Waals surface area contributed by atoms with E-state index in [-0.39, 0.29) is 16.5 Å². The molecule has 0 saturated carbocycles. The molecule has 5 nitrogen and oxygen atoms in total. The fraction of sp³-hybridized carbons (Fsp3) is 0.130. The summed E-state index contributed by atoms with van der Waals surface area (Å²) in [6.45, 7) is 12.7. The molecule has 0 amide bonds. The zero-order valence-corrected chi connectivity index (χ0v) is 30.2. The summed E-state index contributed by atoms with van der Waals surface area (Å²) in [5.41, 5.74) is 14.0. The monoisotopic (exact) mass is 696 g/mol. The Morgan fingerprint density at radius 2 is 1.23 bits per heavy atom. The van der Waals surface area contributed by atoms with Crippen LogP contribution in [0.25, 0.3) is 49.9 Å². The van der Waals surface area contributed by atoms with Gasteiger partial charge in [-0.1, -0.05) is 88.4 Å². The first-order valence-corrected chi connectivity index (χ1v) is 18.2. The second-order valence-electron chi connectivity index (χ2n) is 14.7. The van der Waals surface area contributed by atoms with Gasteiger partial charge in [0.2, 0.25) is 0 Å². The summed E-state index contributed by atoms with van der Waals surface area (Å²) < 4.78 is 6.52. The number of rotatable bonds is 7. The lowest BCUT2D eigenvalue weighted by atomic mass is 9.82. The van der Waals surface area contributed by atoms with E-state index in [0.717, 1.165) is 43.5 Å². The van der Waals surface area contributed by atoms with Crippen LogP contribution in [0, 0.1) is 0 Å². The number of carboxylic acid groups (broad SMARTS) is 1. The lowest BCUT2D eigenvalue weighted by Crippen LogP contribution is -2.18. The number of hydrogen-bond acceptors (Lipinski definition) is 5. The van der Waals surface area contributed by atoms with E-state index < -0.39 is 5.97 Å². The first kappa shape index (κ1) is 32.0. The number of furan rings is 1. The molecule has 0 fully saturated rings. The molecule has 0 saturated heterocycles. The molecular formula is C46H36N2O3S. The van der Waals surface area contributed by atoms with Gasteiger partial charge in [-0.2, -0.15) is 0 Å². The van der Waals surface area contributed by atoms with E-state index >= 15 is 0 Å². The number of hydrogen-bond donors (Lipinski definition) is 1. The molecule has 0 radical (unpaired) electrons. The van der Waals surface area contributed by atoms with Crippen LogP contribution in [0.3, 0.4) is 0 Å². The highest BCUT2D eigenvalue weighted by Crippen LogP contribution is 2.53. The summed E-state index contributed by atoms with van der Waals surface area (Å²) in [6, 6.07) is 43.5. The van der Waals surface area contributed by atoms with Crippen LogP contribution in [0.15, 0.2) is 136 Å². The van der Waals surface area contributed by atoms with Gasteiger partial charge in [-0.3, -0.25) is 4.99 Å². The van der Waals surface area contributed by atoms with Crippen molar-refractivity contribution in [1.29, 1.82) is 0 Å². The zero-order chi connectivity index (χ0) is 35.9. The van der Waals surface area contributed by atoms with Crippen LogP contribution in [0.1, 0.15) is 54.8 Å². The van der Waals surface area contributed by atoms with Crippen molar-refractivity contribution < 1.29 is 14.3 Å². The first-order valence-electron chi connectivity index (χ1n) is 17.4. The second-order valence-corrected chi connectivity index (χ2v) is 15.8.